The topological polar surface area (TPSA) is 183 Å². The number of hydroxylamine groups is 1. The quantitative estimate of drug-likeness (QED) is 0.0690. The Morgan fingerprint density at radius 3 is 1.37 bits per heavy atom. The maximum Gasteiger partial charge on any atom is 0.410 e. The highest BCUT2D eigenvalue weighted by molar-refractivity contribution is 6.67. The van der Waals surface area contributed by atoms with Gasteiger partial charge in [0, 0.05) is 91.0 Å². The summed E-state index contributed by atoms with van der Waals surface area (Å²) >= 11 is 5.36. The monoisotopic (exact) mass is 931 g/mol. The molecular formula is C53H50ClN7O7. The zero-order valence-electron chi connectivity index (χ0n) is 37.6. The highest BCUT2D eigenvalue weighted by Crippen LogP contribution is 2.47. The van der Waals surface area contributed by atoms with Crippen LogP contribution in [0.4, 0.5) is 10.7 Å². The Balaban J connectivity index is 0.000000136. The number of rotatable bonds is 7. The molecule has 0 bridgehead atoms. The number of carbonyl (C=O) groups is 5. The summed E-state index contributed by atoms with van der Waals surface area (Å²) in [5.74, 6) is 1.26. The molecule has 2 saturated heterocycles. The number of ether oxygens (including phenoxy) is 1. The van der Waals surface area contributed by atoms with Crippen LogP contribution in [0.5, 0.6) is 0 Å². The maximum absolute atomic E-state index is 12.6. The van der Waals surface area contributed by atoms with Crippen molar-refractivity contribution in [2.45, 2.75) is 38.5 Å². The number of aromatic nitrogens is 2. The van der Waals surface area contributed by atoms with Crippen LogP contribution in [0.25, 0.3) is 32.3 Å². The van der Waals surface area contributed by atoms with Crippen molar-refractivity contribution >= 4 is 78.9 Å². The van der Waals surface area contributed by atoms with E-state index < -0.39 is 16.8 Å². The van der Waals surface area contributed by atoms with Crippen LogP contribution in [0.15, 0.2) is 140 Å². The molecule has 346 valence electrons. The summed E-state index contributed by atoms with van der Waals surface area (Å²) < 4.78 is 5.42. The fourth-order valence-electron chi connectivity index (χ4n) is 9.23. The molecule has 2 aliphatic carbocycles. The first kappa shape index (κ1) is 45.7. The molecule has 4 amide bonds. The highest BCUT2D eigenvalue weighted by atomic mass is 35.5. The minimum atomic E-state index is -0.641. The predicted octanol–water partition coefficient (Wildman–Crippen LogP) is 8.27. The van der Waals surface area contributed by atoms with Crippen molar-refractivity contribution in [2.24, 2.45) is 23.7 Å². The molecule has 2 aliphatic heterocycles. The fraction of sp³-hybridized carbons (Fsp3) is 0.264. The largest absolute Gasteiger partial charge is 0.444 e. The van der Waals surface area contributed by atoms with Crippen LogP contribution >= 0.6 is 11.6 Å². The molecule has 7 aromatic rings. The van der Waals surface area contributed by atoms with Gasteiger partial charge >= 0.3 is 6.09 Å². The number of benzene rings is 6. The summed E-state index contributed by atoms with van der Waals surface area (Å²) in [7, 11) is 0. The lowest BCUT2D eigenvalue weighted by molar-refractivity contribution is 0.0269. The van der Waals surface area contributed by atoms with Gasteiger partial charge in [-0.25, -0.2) is 20.2 Å². The van der Waals surface area contributed by atoms with Gasteiger partial charge in [-0.2, -0.15) is 0 Å². The Morgan fingerprint density at radius 1 is 0.559 bits per heavy atom. The normalized spacial score (nSPS) is 20.7. The molecule has 0 radical (unpaired) electrons. The number of nitrogens with one attached hydrogen (secondary N) is 3. The molecule has 1 aromatic heterocycles. The molecule has 0 spiro atoms. The lowest BCUT2D eigenvalue weighted by Gasteiger charge is -2.26. The van der Waals surface area contributed by atoms with Crippen LogP contribution in [0, 0.1) is 23.7 Å². The molecule has 2 saturated carbocycles. The molecule has 4 N–H and O–H groups in total. The summed E-state index contributed by atoms with van der Waals surface area (Å²) in [4.78, 5) is 71.7. The Labute approximate surface area is 397 Å². The van der Waals surface area contributed by atoms with Crippen molar-refractivity contribution in [3.8, 4) is 0 Å². The summed E-state index contributed by atoms with van der Waals surface area (Å²) in [6, 6.07) is 41.1. The number of amides is 4. The number of anilines is 1. The van der Waals surface area contributed by atoms with Crippen LogP contribution in [0.3, 0.4) is 0 Å². The van der Waals surface area contributed by atoms with Crippen molar-refractivity contribution in [3.63, 3.8) is 0 Å². The summed E-state index contributed by atoms with van der Waals surface area (Å²) in [6.45, 7) is 8.44. The number of hydrogen-bond donors (Lipinski definition) is 4. The third-order valence-electron chi connectivity index (χ3n) is 12.9. The van der Waals surface area contributed by atoms with E-state index in [0.717, 1.165) is 45.4 Å². The molecule has 4 unspecified atom stereocenters. The lowest BCUT2D eigenvalue weighted by Crippen LogP contribution is -2.40. The van der Waals surface area contributed by atoms with Gasteiger partial charge in [0.2, 0.25) is 5.95 Å². The average molecular weight is 932 g/mol. The highest BCUT2D eigenvalue weighted by Gasteiger charge is 2.58. The Bertz CT molecular complexity index is 3050. The SMILES string of the molecule is CC(C)(C)OC(=O)N1CC2C(C1)C2NC(=O)c1ccc2ccccc2c1.O=C(Cl)c1ccc2ccccc2c1.O=C(NO)c1cnc(N2CC3C(C2)C3NC(=O)c2ccc3ccccc3c2)nc1. The second-order valence-corrected chi connectivity index (χ2v) is 19.0. The summed E-state index contributed by atoms with van der Waals surface area (Å²) in [5, 5.41) is 21.0. The molecule has 4 atom stereocenters. The van der Waals surface area contributed by atoms with E-state index in [1.54, 1.807) is 22.5 Å². The standard InChI is InChI=1S/C21H19N5O3.C21H24N2O3.C11H7ClO/c27-19(14-6-5-12-3-1-2-4-13(12)7-14)24-18-16-10-26(11-17(16)18)21-22-8-15(9-23-21)20(28)25-29;1-21(2,3)26-20(25)23-11-16-17(12-23)18(16)22-19(24)15-9-8-13-6-4-5-7-14(13)10-15;12-11(13)10-6-5-8-3-1-2-4-9(8)7-10/h1-9,16-18,29H,10-11H2,(H,24,27)(H,25,28);4-10,16-18H,11-12H2,1-3H3,(H,22,24);1-7H. The molecule has 14 nitrogen and oxygen atoms in total. The van der Waals surface area contributed by atoms with E-state index in [1.807, 2.05) is 136 Å². The van der Waals surface area contributed by atoms with Gasteiger partial charge in [0.25, 0.3) is 23.0 Å². The van der Waals surface area contributed by atoms with Crippen molar-refractivity contribution < 1.29 is 33.9 Å². The van der Waals surface area contributed by atoms with Crippen LogP contribution in [0.2, 0.25) is 0 Å². The van der Waals surface area contributed by atoms with Gasteiger partial charge in [0.1, 0.15) is 5.60 Å². The molecule has 15 heteroatoms. The smallest absolute Gasteiger partial charge is 0.410 e. The zero-order chi connectivity index (χ0) is 47.7. The molecule has 6 aromatic carbocycles. The second kappa shape index (κ2) is 19.1. The minimum absolute atomic E-state index is 0.0426. The van der Waals surface area contributed by atoms with Gasteiger partial charge in [-0.15, -0.1) is 0 Å². The zero-order valence-corrected chi connectivity index (χ0v) is 38.4. The average Bonchev–Trinajstić information content (AvgIpc) is 3.96. The summed E-state index contributed by atoms with van der Waals surface area (Å²) in [6.07, 6.45) is 2.51. The van der Waals surface area contributed by atoms with E-state index in [-0.39, 0.29) is 35.6 Å². The first-order valence-electron chi connectivity index (χ1n) is 22.5. The fourth-order valence-corrected chi connectivity index (χ4v) is 9.35. The van der Waals surface area contributed by atoms with Crippen LogP contribution in [-0.2, 0) is 4.74 Å². The van der Waals surface area contributed by atoms with Crippen LogP contribution < -0.4 is 21.0 Å². The van der Waals surface area contributed by atoms with Gasteiger partial charge < -0.3 is 25.2 Å². The number of likely N-dealkylation sites (tertiary alicyclic amines) is 1. The number of fused-ring (bicyclic) bond motifs is 5. The molecule has 3 heterocycles. The van der Waals surface area contributed by atoms with Crippen molar-refractivity contribution in [1.29, 1.82) is 0 Å². The molecule has 11 rings (SSSR count). The Morgan fingerprint density at radius 2 is 0.956 bits per heavy atom. The van der Waals surface area contributed by atoms with E-state index in [2.05, 4.69) is 25.5 Å². The van der Waals surface area contributed by atoms with Gasteiger partial charge in [0.15, 0.2) is 0 Å². The molecule has 4 aliphatic rings. The van der Waals surface area contributed by atoms with E-state index in [4.69, 9.17) is 21.5 Å². The number of halogens is 1. The van der Waals surface area contributed by atoms with Crippen molar-refractivity contribution in [1.82, 2.24) is 31.0 Å². The van der Waals surface area contributed by atoms with Gasteiger partial charge in [-0.1, -0.05) is 91.0 Å². The Kier molecular flexibility index (Phi) is 12.8. The third-order valence-corrected chi connectivity index (χ3v) is 13.1. The molecule has 4 fully saturated rings. The second-order valence-electron chi connectivity index (χ2n) is 18.6. The predicted molar refractivity (Wildman–Crippen MR) is 260 cm³/mol. The number of nitrogens with zero attached hydrogens (tertiary/aromatic N) is 4. The molecule has 68 heavy (non-hydrogen) atoms. The minimum Gasteiger partial charge on any atom is -0.444 e. The first-order chi connectivity index (χ1) is 32.7. The van der Waals surface area contributed by atoms with Crippen molar-refractivity contribution in [2.75, 3.05) is 31.1 Å². The third kappa shape index (κ3) is 10.3. The van der Waals surface area contributed by atoms with Crippen LogP contribution in [0.1, 0.15) is 62.2 Å². The Hall–Kier alpha value is -7.42. The molecular weight excluding hydrogens is 882 g/mol. The van der Waals surface area contributed by atoms with Gasteiger partial charge in [0.05, 0.1) is 5.56 Å². The summed E-state index contributed by atoms with van der Waals surface area (Å²) in [5.41, 5.74) is 3.17. The van der Waals surface area contributed by atoms with E-state index >= 15 is 0 Å². The first-order valence-corrected chi connectivity index (χ1v) is 22.9. The maximum atomic E-state index is 12.6. The van der Waals surface area contributed by atoms with E-state index in [0.29, 0.717) is 59.4 Å². The number of hydrogen-bond acceptors (Lipinski definition) is 10. The van der Waals surface area contributed by atoms with Gasteiger partial charge in [-0.3, -0.25) is 24.4 Å². The van der Waals surface area contributed by atoms with E-state index in [9.17, 15) is 24.0 Å². The van der Waals surface area contributed by atoms with Crippen molar-refractivity contribution in [3.05, 3.63) is 162 Å². The number of carbonyl (C=O) groups excluding carboxylic acids is 5. The van der Waals surface area contributed by atoms with E-state index in [1.165, 1.54) is 12.4 Å². The van der Waals surface area contributed by atoms with Crippen LogP contribution in [-0.4, -0.2) is 93.0 Å². The number of piperidine rings is 2. The van der Waals surface area contributed by atoms with Gasteiger partial charge in [-0.05, 0) is 101 Å². The lowest BCUT2D eigenvalue weighted by atomic mass is 10.1.